The lowest BCUT2D eigenvalue weighted by molar-refractivity contribution is 0.0336. The molecule has 0 bridgehead atoms. The van der Waals surface area contributed by atoms with Crippen molar-refractivity contribution in [3.63, 3.8) is 0 Å². The minimum absolute atomic E-state index is 0.292. The maximum atomic E-state index is 12.7. The predicted molar refractivity (Wildman–Crippen MR) is 107 cm³/mol. The van der Waals surface area contributed by atoms with Gasteiger partial charge in [0.05, 0.1) is 17.6 Å². The smallest absolute Gasteiger partial charge is 0.339 e. The fourth-order valence-electron chi connectivity index (χ4n) is 2.74. The minimum atomic E-state index is -0.303. The molecule has 26 heavy (non-hydrogen) atoms. The molecule has 0 saturated heterocycles. The van der Waals surface area contributed by atoms with Crippen LogP contribution in [0.4, 0.5) is 5.69 Å². The van der Waals surface area contributed by atoms with Gasteiger partial charge in [0.15, 0.2) is 0 Å². The Morgan fingerprint density at radius 1 is 1.15 bits per heavy atom. The van der Waals surface area contributed by atoms with Gasteiger partial charge in [-0.15, -0.1) is 0 Å². The van der Waals surface area contributed by atoms with Gasteiger partial charge in [0.1, 0.15) is 6.10 Å². The fraction of sp³-hybridized carbons (Fsp3) is 0.364. The first-order chi connectivity index (χ1) is 12.3. The van der Waals surface area contributed by atoms with E-state index in [2.05, 4.69) is 11.9 Å². The summed E-state index contributed by atoms with van der Waals surface area (Å²) in [5.41, 5.74) is 5.49. The standard InChI is InChI=1S/C22H28N2O2/c1-7-24(6)14-23-21-13-12-20(16(3)17(21)4)22(25)26-18(5)19-11-9-8-10-15(19)2/h8-14,18H,7H2,1-6H3/b23-14+. The molecule has 1 unspecified atom stereocenters. The van der Waals surface area contributed by atoms with Crippen molar-refractivity contribution in [2.45, 2.75) is 40.7 Å². The van der Waals surface area contributed by atoms with Crippen molar-refractivity contribution in [1.82, 2.24) is 4.90 Å². The lowest BCUT2D eigenvalue weighted by atomic mass is 10.0. The Hall–Kier alpha value is -2.62. The van der Waals surface area contributed by atoms with Gasteiger partial charge >= 0.3 is 5.97 Å². The average Bonchev–Trinajstić information content (AvgIpc) is 2.62. The van der Waals surface area contributed by atoms with Crippen LogP contribution in [0.25, 0.3) is 0 Å². The molecule has 0 aliphatic rings. The van der Waals surface area contributed by atoms with Gasteiger partial charge in [-0.05, 0) is 69.0 Å². The second kappa shape index (κ2) is 8.65. The van der Waals surface area contributed by atoms with Crippen LogP contribution in [0.5, 0.6) is 0 Å². The van der Waals surface area contributed by atoms with E-state index >= 15 is 0 Å². The summed E-state index contributed by atoms with van der Waals surface area (Å²) in [6, 6.07) is 11.6. The lowest BCUT2D eigenvalue weighted by Gasteiger charge is -2.17. The zero-order chi connectivity index (χ0) is 19.3. The molecular weight excluding hydrogens is 324 g/mol. The molecule has 4 heteroatoms. The van der Waals surface area contributed by atoms with Gasteiger partial charge in [0.25, 0.3) is 0 Å². The minimum Gasteiger partial charge on any atom is -0.454 e. The van der Waals surface area contributed by atoms with E-state index < -0.39 is 0 Å². The number of ether oxygens (including phenoxy) is 1. The van der Waals surface area contributed by atoms with Crippen LogP contribution in [0.2, 0.25) is 0 Å². The normalized spacial score (nSPS) is 12.2. The van der Waals surface area contributed by atoms with Crippen LogP contribution in [0.3, 0.4) is 0 Å². The highest BCUT2D eigenvalue weighted by Crippen LogP contribution is 2.27. The number of carbonyl (C=O) groups is 1. The maximum absolute atomic E-state index is 12.7. The van der Waals surface area contributed by atoms with E-state index in [1.165, 1.54) is 0 Å². The second-order valence-electron chi connectivity index (χ2n) is 6.60. The zero-order valence-electron chi connectivity index (χ0n) is 16.5. The molecular formula is C22H28N2O2. The van der Waals surface area contributed by atoms with E-state index in [0.717, 1.165) is 34.5 Å². The van der Waals surface area contributed by atoms with Crippen LogP contribution in [0.15, 0.2) is 41.4 Å². The molecule has 0 fully saturated rings. The number of esters is 1. The second-order valence-corrected chi connectivity index (χ2v) is 6.60. The molecule has 138 valence electrons. The van der Waals surface area contributed by atoms with E-state index in [9.17, 15) is 4.79 Å². The highest BCUT2D eigenvalue weighted by atomic mass is 16.5. The molecule has 0 saturated carbocycles. The summed E-state index contributed by atoms with van der Waals surface area (Å²) in [6.45, 7) is 10.8. The number of nitrogens with zero attached hydrogens (tertiary/aromatic N) is 2. The zero-order valence-corrected chi connectivity index (χ0v) is 16.5. The molecule has 2 aromatic carbocycles. The summed E-state index contributed by atoms with van der Waals surface area (Å²) < 4.78 is 5.71. The molecule has 2 rings (SSSR count). The molecule has 0 N–H and O–H groups in total. The number of hydrogen-bond donors (Lipinski definition) is 0. The SMILES string of the molecule is CCN(C)/C=N/c1ccc(C(=O)OC(C)c2ccccc2C)c(C)c1C. The third-order valence-electron chi connectivity index (χ3n) is 4.78. The first kappa shape index (κ1) is 19.7. The van der Waals surface area contributed by atoms with E-state index in [1.807, 2.05) is 70.0 Å². The molecule has 2 aromatic rings. The highest BCUT2D eigenvalue weighted by Gasteiger charge is 2.18. The third kappa shape index (κ3) is 4.51. The van der Waals surface area contributed by atoms with E-state index in [4.69, 9.17) is 4.74 Å². The summed E-state index contributed by atoms with van der Waals surface area (Å²) in [5, 5.41) is 0. The third-order valence-corrected chi connectivity index (χ3v) is 4.78. The number of rotatable bonds is 6. The van der Waals surface area contributed by atoms with Crippen molar-refractivity contribution in [1.29, 1.82) is 0 Å². The van der Waals surface area contributed by atoms with E-state index in [-0.39, 0.29) is 12.1 Å². The summed E-state index contributed by atoms with van der Waals surface area (Å²) in [4.78, 5) is 19.2. The van der Waals surface area contributed by atoms with Crippen molar-refractivity contribution >= 4 is 18.0 Å². The van der Waals surface area contributed by atoms with Crippen molar-refractivity contribution in [3.8, 4) is 0 Å². The Kier molecular flexibility index (Phi) is 6.56. The van der Waals surface area contributed by atoms with Crippen LogP contribution in [0, 0.1) is 20.8 Å². The fourth-order valence-corrected chi connectivity index (χ4v) is 2.74. The molecule has 4 nitrogen and oxygen atoms in total. The topological polar surface area (TPSA) is 41.9 Å². The molecule has 0 aromatic heterocycles. The van der Waals surface area contributed by atoms with Gasteiger partial charge in [-0.25, -0.2) is 9.79 Å². The predicted octanol–water partition coefficient (Wildman–Crippen LogP) is 5.14. The van der Waals surface area contributed by atoms with Crippen molar-refractivity contribution in [3.05, 3.63) is 64.2 Å². The Morgan fingerprint density at radius 2 is 1.85 bits per heavy atom. The molecule has 0 heterocycles. The summed E-state index contributed by atoms with van der Waals surface area (Å²) in [5.74, 6) is -0.303. The van der Waals surface area contributed by atoms with Crippen molar-refractivity contribution < 1.29 is 9.53 Å². The molecule has 0 aliphatic heterocycles. The Balaban J connectivity index is 2.20. The lowest BCUT2D eigenvalue weighted by Crippen LogP contribution is -2.14. The molecule has 0 amide bonds. The maximum Gasteiger partial charge on any atom is 0.339 e. The first-order valence-electron chi connectivity index (χ1n) is 8.96. The van der Waals surface area contributed by atoms with E-state index in [1.54, 1.807) is 12.4 Å². The number of carbonyl (C=O) groups excluding carboxylic acids is 1. The molecule has 0 radical (unpaired) electrons. The van der Waals surface area contributed by atoms with Gasteiger partial charge in [0, 0.05) is 13.6 Å². The van der Waals surface area contributed by atoms with Gasteiger partial charge in [-0.3, -0.25) is 0 Å². The van der Waals surface area contributed by atoms with Crippen LogP contribution in [-0.2, 0) is 4.74 Å². The van der Waals surface area contributed by atoms with E-state index in [0.29, 0.717) is 5.56 Å². The van der Waals surface area contributed by atoms with Crippen molar-refractivity contribution in [2.75, 3.05) is 13.6 Å². The quantitative estimate of drug-likeness (QED) is 0.410. The highest BCUT2D eigenvalue weighted by molar-refractivity contribution is 5.92. The number of hydrogen-bond acceptors (Lipinski definition) is 3. The monoisotopic (exact) mass is 352 g/mol. The number of aryl methyl sites for hydroxylation is 1. The summed E-state index contributed by atoms with van der Waals surface area (Å²) >= 11 is 0. The Bertz CT molecular complexity index is 812. The average molecular weight is 352 g/mol. The van der Waals surface area contributed by atoms with Gasteiger partial charge in [0.2, 0.25) is 0 Å². The molecule has 0 spiro atoms. The van der Waals surface area contributed by atoms with Crippen LogP contribution >= 0.6 is 0 Å². The van der Waals surface area contributed by atoms with Gasteiger partial charge in [-0.2, -0.15) is 0 Å². The molecule has 0 aliphatic carbocycles. The van der Waals surface area contributed by atoms with Crippen LogP contribution in [0.1, 0.15) is 52.6 Å². The van der Waals surface area contributed by atoms with Crippen LogP contribution < -0.4 is 0 Å². The van der Waals surface area contributed by atoms with Gasteiger partial charge < -0.3 is 9.64 Å². The first-order valence-corrected chi connectivity index (χ1v) is 8.96. The summed E-state index contributed by atoms with van der Waals surface area (Å²) in [7, 11) is 1.98. The Labute approximate surface area is 156 Å². The Morgan fingerprint density at radius 3 is 2.50 bits per heavy atom. The largest absolute Gasteiger partial charge is 0.454 e. The van der Waals surface area contributed by atoms with Gasteiger partial charge in [-0.1, -0.05) is 24.3 Å². The van der Waals surface area contributed by atoms with Crippen molar-refractivity contribution in [2.24, 2.45) is 4.99 Å². The van der Waals surface area contributed by atoms with Crippen LogP contribution in [-0.4, -0.2) is 30.8 Å². The molecule has 1 atom stereocenters. The summed E-state index contributed by atoms with van der Waals surface area (Å²) in [6.07, 6.45) is 1.51. The number of aliphatic imine (C=N–C) groups is 1. The number of benzene rings is 2.